The molecule has 3 atom stereocenters. The van der Waals surface area contributed by atoms with E-state index < -0.39 is 12.1 Å². The van der Waals surface area contributed by atoms with E-state index in [1.165, 1.54) is 0 Å². The molecular formula is C17H25N7O3. The first-order valence-corrected chi connectivity index (χ1v) is 9.11. The van der Waals surface area contributed by atoms with Crippen molar-refractivity contribution in [1.82, 2.24) is 35.8 Å². The number of aromatic nitrogens is 5. The molecule has 4 N–H and O–H groups in total. The third-order valence-electron chi connectivity index (χ3n) is 4.73. The molecule has 3 rings (SSSR count). The molecule has 146 valence electrons. The minimum atomic E-state index is -0.641. The summed E-state index contributed by atoms with van der Waals surface area (Å²) in [5.74, 6) is -0.499. The lowest BCUT2D eigenvalue weighted by molar-refractivity contribution is -0.129. The van der Waals surface area contributed by atoms with Crippen LogP contribution in [0.1, 0.15) is 30.7 Å². The van der Waals surface area contributed by atoms with Crippen LogP contribution < -0.4 is 10.6 Å². The second-order valence-corrected chi connectivity index (χ2v) is 6.92. The molecule has 0 saturated heterocycles. The van der Waals surface area contributed by atoms with Gasteiger partial charge in [-0.15, -0.1) is 5.10 Å². The van der Waals surface area contributed by atoms with Crippen molar-refractivity contribution in [2.45, 2.75) is 51.3 Å². The molecule has 0 aromatic carbocycles. The fourth-order valence-electron chi connectivity index (χ4n) is 3.30. The molecule has 1 fully saturated rings. The lowest BCUT2D eigenvalue weighted by atomic mass is 9.83. The summed E-state index contributed by atoms with van der Waals surface area (Å²) in [7, 11) is 0. The highest BCUT2D eigenvalue weighted by Gasteiger charge is 2.33. The molecule has 10 nitrogen and oxygen atoms in total. The second kappa shape index (κ2) is 8.76. The number of carbonyl (C=O) groups excluding carboxylic acids is 2. The number of hydrogen-bond donors (Lipinski definition) is 4. The van der Waals surface area contributed by atoms with E-state index >= 15 is 0 Å². The van der Waals surface area contributed by atoms with Crippen LogP contribution in [0.5, 0.6) is 0 Å². The van der Waals surface area contributed by atoms with Gasteiger partial charge in [0.05, 0.1) is 30.8 Å². The average Bonchev–Trinajstić information content (AvgIpc) is 3.28. The number of aliphatic hydroxyl groups is 1. The second-order valence-electron chi connectivity index (χ2n) is 6.92. The number of aliphatic hydroxyl groups excluding tert-OH is 1. The number of rotatable bonds is 7. The summed E-state index contributed by atoms with van der Waals surface area (Å²) in [6, 6.07) is 1.30. The van der Waals surface area contributed by atoms with Crippen LogP contribution in [0.3, 0.4) is 0 Å². The summed E-state index contributed by atoms with van der Waals surface area (Å²) in [5, 5.41) is 30.3. The van der Waals surface area contributed by atoms with Crippen molar-refractivity contribution in [3.63, 3.8) is 0 Å². The molecule has 2 aromatic heterocycles. The van der Waals surface area contributed by atoms with Gasteiger partial charge in [0.1, 0.15) is 0 Å². The van der Waals surface area contributed by atoms with Crippen molar-refractivity contribution < 1.29 is 14.7 Å². The zero-order chi connectivity index (χ0) is 19.2. The highest BCUT2D eigenvalue weighted by molar-refractivity contribution is 5.80. The lowest BCUT2D eigenvalue weighted by Gasteiger charge is -2.33. The first-order valence-electron chi connectivity index (χ1n) is 9.11. The van der Waals surface area contributed by atoms with E-state index in [2.05, 4.69) is 31.1 Å². The molecule has 1 aliphatic rings. The fourth-order valence-corrected chi connectivity index (χ4v) is 3.30. The van der Waals surface area contributed by atoms with Crippen LogP contribution in [0.2, 0.25) is 0 Å². The topological polar surface area (TPSA) is 138 Å². The van der Waals surface area contributed by atoms with Crippen LogP contribution in [-0.4, -0.2) is 60.8 Å². The maximum Gasteiger partial charge on any atom is 0.226 e. The molecular weight excluding hydrogens is 350 g/mol. The van der Waals surface area contributed by atoms with Crippen LogP contribution in [0, 0.1) is 12.8 Å². The Morgan fingerprint density at radius 3 is 2.96 bits per heavy atom. The van der Waals surface area contributed by atoms with Crippen molar-refractivity contribution >= 4 is 11.8 Å². The van der Waals surface area contributed by atoms with Gasteiger partial charge in [-0.2, -0.15) is 5.10 Å². The van der Waals surface area contributed by atoms with Gasteiger partial charge in [-0.05, 0) is 32.3 Å². The van der Waals surface area contributed by atoms with Crippen molar-refractivity contribution in [3.05, 3.63) is 29.8 Å². The Morgan fingerprint density at radius 1 is 1.41 bits per heavy atom. The van der Waals surface area contributed by atoms with Gasteiger partial charge < -0.3 is 15.7 Å². The number of carbonyl (C=O) groups is 2. The fraction of sp³-hybridized carbons (Fsp3) is 0.588. The largest absolute Gasteiger partial charge is 0.391 e. The van der Waals surface area contributed by atoms with Crippen LogP contribution in [-0.2, 0) is 22.6 Å². The number of amides is 2. The highest BCUT2D eigenvalue weighted by atomic mass is 16.3. The Bertz CT molecular complexity index is 758. The SMILES string of the molecule is Cc1cn(CCNC(=O)[C@H]2CC[C@@H](O)[C@H](NC(=O)Cc3ccn[nH]3)C2)nn1. The van der Waals surface area contributed by atoms with Gasteiger partial charge >= 0.3 is 0 Å². The van der Waals surface area contributed by atoms with E-state index in [9.17, 15) is 14.7 Å². The van der Waals surface area contributed by atoms with Gasteiger partial charge in [0, 0.05) is 30.6 Å². The summed E-state index contributed by atoms with van der Waals surface area (Å²) < 4.78 is 1.68. The van der Waals surface area contributed by atoms with E-state index in [1.54, 1.807) is 16.9 Å². The van der Waals surface area contributed by atoms with Crippen LogP contribution >= 0.6 is 0 Å². The predicted molar refractivity (Wildman–Crippen MR) is 95.3 cm³/mol. The lowest BCUT2D eigenvalue weighted by Crippen LogP contribution is -2.50. The van der Waals surface area contributed by atoms with E-state index in [4.69, 9.17) is 0 Å². The van der Waals surface area contributed by atoms with Crippen LogP contribution in [0.25, 0.3) is 0 Å². The molecule has 0 bridgehead atoms. The third kappa shape index (κ3) is 5.36. The van der Waals surface area contributed by atoms with Gasteiger partial charge in [-0.25, -0.2) is 0 Å². The van der Waals surface area contributed by atoms with Crippen molar-refractivity contribution in [1.29, 1.82) is 0 Å². The third-order valence-corrected chi connectivity index (χ3v) is 4.73. The highest BCUT2D eigenvalue weighted by Crippen LogP contribution is 2.25. The van der Waals surface area contributed by atoms with Gasteiger partial charge in [0.2, 0.25) is 11.8 Å². The van der Waals surface area contributed by atoms with E-state index in [1.807, 2.05) is 13.1 Å². The number of H-pyrrole nitrogens is 1. The number of aromatic amines is 1. The molecule has 0 unspecified atom stereocenters. The number of nitrogens with zero attached hydrogens (tertiary/aromatic N) is 4. The smallest absolute Gasteiger partial charge is 0.226 e. The Morgan fingerprint density at radius 2 is 2.26 bits per heavy atom. The van der Waals surface area contributed by atoms with Crippen LogP contribution in [0.4, 0.5) is 0 Å². The quantitative estimate of drug-likeness (QED) is 0.506. The van der Waals surface area contributed by atoms with E-state index in [0.29, 0.717) is 38.0 Å². The first-order chi connectivity index (χ1) is 13.0. The molecule has 0 spiro atoms. The number of nitrogens with one attached hydrogen (secondary N) is 3. The number of hydrogen-bond acceptors (Lipinski definition) is 6. The zero-order valence-electron chi connectivity index (χ0n) is 15.3. The summed E-state index contributed by atoms with van der Waals surface area (Å²) in [4.78, 5) is 24.6. The Hall–Kier alpha value is -2.75. The molecule has 27 heavy (non-hydrogen) atoms. The minimum Gasteiger partial charge on any atom is -0.391 e. The molecule has 0 aliphatic heterocycles. The Balaban J connectivity index is 1.45. The molecule has 1 aliphatic carbocycles. The molecule has 0 radical (unpaired) electrons. The monoisotopic (exact) mass is 375 g/mol. The van der Waals surface area contributed by atoms with Crippen molar-refractivity contribution in [2.24, 2.45) is 5.92 Å². The van der Waals surface area contributed by atoms with E-state index in [0.717, 1.165) is 5.69 Å². The maximum atomic E-state index is 12.4. The van der Waals surface area contributed by atoms with E-state index in [-0.39, 0.29) is 24.2 Å². The molecule has 2 heterocycles. The summed E-state index contributed by atoms with van der Waals surface area (Å²) >= 11 is 0. The standard InChI is InChI=1S/C17H25N7O3/c1-11-10-24(23-21-11)7-6-18-17(27)12-2-3-15(25)14(8-12)20-16(26)9-13-4-5-19-22-13/h4-5,10,12,14-15,25H,2-3,6-9H2,1H3,(H,18,27)(H,19,22)(H,20,26)/t12-,14+,15+/m0/s1. The minimum absolute atomic E-state index is 0.0634. The first kappa shape index (κ1) is 19.0. The van der Waals surface area contributed by atoms with Gasteiger partial charge in [-0.1, -0.05) is 5.21 Å². The molecule has 2 amide bonds. The number of aryl methyl sites for hydroxylation is 1. The molecule has 1 saturated carbocycles. The Kier molecular flexibility index (Phi) is 6.17. The summed E-state index contributed by atoms with van der Waals surface area (Å²) in [6.07, 6.45) is 4.42. The predicted octanol–water partition coefficient (Wildman–Crippen LogP) is -0.686. The van der Waals surface area contributed by atoms with Gasteiger partial charge in [-0.3, -0.25) is 19.4 Å². The van der Waals surface area contributed by atoms with Crippen molar-refractivity contribution in [2.75, 3.05) is 6.54 Å². The summed E-state index contributed by atoms with van der Waals surface area (Å²) in [6.45, 7) is 2.86. The molecule has 2 aromatic rings. The van der Waals surface area contributed by atoms with Gasteiger partial charge in [0.25, 0.3) is 0 Å². The zero-order valence-corrected chi connectivity index (χ0v) is 15.3. The molecule has 10 heteroatoms. The summed E-state index contributed by atoms with van der Waals surface area (Å²) in [5.41, 5.74) is 1.53. The van der Waals surface area contributed by atoms with Crippen LogP contribution in [0.15, 0.2) is 18.5 Å². The maximum absolute atomic E-state index is 12.4. The van der Waals surface area contributed by atoms with Gasteiger partial charge in [0.15, 0.2) is 0 Å². The Labute approximate surface area is 156 Å². The average molecular weight is 375 g/mol. The normalized spacial score (nSPS) is 22.4. The van der Waals surface area contributed by atoms with Crippen molar-refractivity contribution in [3.8, 4) is 0 Å².